The van der Waals surface area contributed by atoms with E-state index in [2.05, 4.69) is 5.10 Å². The Morgan fingerprint density at radius 3 is 2.56 bits per heavy atom. The lowest BCUT2D eigenvalue weighted by atomic mass is 10.0. The zero-order valence-corrected chi connectivity index (χ0v) is 15.9. The lowest BCUT2D eigenvalue weighted by Crippen LogP contribution is -2.47. The SMILES string of the molecule is CC(C)[C@H]1CN(C(=O)c2ccn(C)n2)CCC(=O)N1Cc1ccc(F)cc1. The van der Waals surface area contributed by atoms with Crippen molar-refractivity contribution in [2.75, 3.05) is 13.1 Å². The van der Waals surface area contributed by atoms with Crippen molar-refractivity contribution in [2.24, 2.45) is 13.0 Å². The number of rotatable bonds is 4. The molecule has 0 unspecified atom stereocenters. The molecule has 1 aromatic heterocycles. The molecule has 1 aliphatic heterocycles. The molecule has 1 aliphatic rings. The first-order chi connectivity index (χ1) is 12.8. The average Bonchev–Trinajstić information content (AvgIpc) is 3.00. The van der Waals surface area contributed by atoms with E-state index in [9.17, 15) is 14.0 Å². The summed E-state index contributed by atoms with van der Waals surface area (Å²) in [4.78, 5) is 29.2. The fraction of sp³-hybridized carbons (Fsp3) is 0.450. The molecule has 2 amide bonds. The average molecular weight is 372 g/mol. The summed E-state index contributed by atoms with van der Waals surface area (Å²) in [6.45, 7) is 5.33. The quantitative estimate of drug-likeness (QED) is 0.828. The minimum absolute atomic E-state index is 0.00865. The fourth-order valence-corrected chi connectivity index (χ4v) is 3.41. The number of nitrogens with zero attached hydrogens (tertiary/aromatic N) is 4. The molecule has 1 atom stereocenters. The summed E-state index contributed by atoms with van der Waals surface area (Å²) in [6.07, 6.45) is 2.00. The van der Waals surface area contributed by atoms with Crippen LogP contribution >= 0.6 is 0 Å². The molecular weight excluding hydrogens is 347 g/mol. The molecule has 27 heavy (non-hydrogen) atoms. The Balaban J connectivity index is 1.81. The van der Waals surface area contributed by atoms with Crippen molar-refractivity contribution in [2.45, 2.75) is 32.9 Å². The lowest BCUT2D eigenvalue weighted by Gasteiger charge is -2.34. The molecule has 0 saturated carbocycles. The van der Waals surface area contributed by atoms with E-state index in [1.165, 1.54) is 12.1 Å². The molecule has 6 nitrogen and oxygen atoms in total. The van der Waals surface area contributed by atoms with Crippen LogP contribution in [0.15, 0.2) is 36.5 Å². The summed E-state index contributed by atoms with van der Waals surface area (Å²) in [6, 6.07) is 7.77. The van der Waals surface area contributed by atoms with Gasteiger partial charge in [-0.15, -0.1) is 0 Å². The summed E-state index contributed by atoms with van der Waals surface area (Å²) in [5.74, 6) is -0.271. The molecule has 144 valence electrons. The molecule has 0 aliphatic carbocycles. The van der Waals surface area contributed by atoms with E-state index in [1.807, 2.05) is 18.7 Å². The molecule has 1 saturated heterocycles. The van der Waals surface area contributed by atoms with Crippen LogP contribution in [0.3, 0.4) is 0 Å². The molecule has 1 aromatic carbocycles. The number of halogens is 1. The highest BCUT2D eigenvalue weighted by molar-refractivity contribution is 5.92. The van der Waals surface area contributed by atoms with Crippen molar-refractivity contribution < 1.29 is 14.0 Å². The number of aryl methyl sites for hydroxylation is 1. The second-order valence-corrected chi connectivity index (χ2v) is 7.34. The maximum Gasteiger partial charge on any atom is 0.274 e. The van der Waals surface area contributed by atoms with E-state index < -0.39 is 0 Å². The third-order valence-electron chi connectivity index (χ3n) is 4.98. The normalized spacial score (nSPS) is 18.1. The van der Waals surface area contributed by atoms with Crippen molar-refractivity contribution in [3.63, 3.8) is 0 Å². The van der Waals surface area contributed by atoms with E-state index in [1.54, 1.807) is 41.0 Å². The van der Waals surface area contributed by atoms with E-state index in [4.69, 9.17) is 0 Å². The molecular formula is C20H25FN4O2. The van der Waals surface area contributed by atoms with Crippen molar-refractivity contribution in [1.82, 2.24) is 19.6 Å². The predicted molar refractivity (Wildman–Crippen MR) is 99.3 cm³/mol. The number of hydrogen-bond acceptors (Lipinski definition) is 3. The van der Waals surface area contributed by atoms with Crippen molar-refractivity contribution in [3.8, 4) is 0 Å². The molecule has 1 fully saturated rings. The molecule has 2 aromatic rings. The van der Waals surface area contributed by atoms with Gasteiger partial charge in [0.1, 0.15) is 11.5 Å². The van der Waals surface area contributed by atoms with Gasteiger partial charge in [0, 0.05) is 39.3 Å². The molecule has 0 N–H and O–H groups in total. The Morgan fingerprint density at radius 2 is 1.96 bits per heavy atom. The Kier molecular flexibility index (Phi) is 5.58. The predicted octanol–water partition coefficient (Wildman–Crippen LogP) is 2.46. The number of amides is 2. The lowest BCUT2D eigenvalue weighted by molar-refractivity contribution is -0.134. The van der Waals surface area contributed by atoms with E-state index in [0.717, 1.165) is 5.56 Å². The number of carbonyl (C=O) groups is 2. The Labute approximate surface area is 158 Å². The van der Waals surface area contributed by atoms with Crippen molar-refractivity contribution in [3.05, 3.63) is 53.6 Å². The van der Waals surface area contributed by atoms with Crippen LogP contribution in [0, 0.1) is 11.7 Å². The van der Waals surface area contributed by atoms with Crippen LogP contribution in [0.1, 0.15) is 36.3 Å². The van der Waals surface area contributed by atoms with Gasteiger partial charge < -0.3 is 9.80 Å². The minimum atomic E-state index is -0.298. The van der Waals surface area contributed by atoms with Gasteiger partial charge in [-0.25, -0.2) is 4.39 Å². The first-order valence-electron chi connectivity index (χ1n) is 9.18. The second-order valence-electron chi connectivity index (χ2n) is 7.34. The molecule has 0 bridgehead atoms. The molecule has 2 heterocycles. The van der Waals surface area contributed by atoms with Gasteiger partial charge in [-0.2, -0.15) is 5.10 Å². The Hall–Kier alpha value is -2.70. The van der Waals surface area contributed by atoms with Crippen LogP contribution in [0.4, 0.5) is 4.39 Å². The van der Waals surface area contributed by atoms with Crippen LogP contribution < -0.4 is 0 Å². The second kappa shape index (κ2) is 7.90. The molecule has 7 heteroatoms. The fourth-order valence-electron chi connectivity index (χ4n) is 3.41. The molecule has 3 rings (SSSR count). The van der Waals surface area contributed by atoms with Gasteiger partial charge in [-0.1, -0.05) is 26.0 Å². The topological polar surface area (TPSA) is 58.4 Å². The number of benzene rings is 1. The smallest absolute Gasteiger partial charge is 0.274 e. The van der Waals surface area contributed by atoms with Crippen molar-refractivity contribution in [1.29, 1.82) is 0 Å². The maximum absolute atomic E-state index is 13.2. The summed E-state index contributed by atoms with van der Waals surface area (Å²) >= 11 is 0. The highest BCUT2D eigenvalue weighted by Crippen LogP contribution is 2.22. The van der Waals surface area contributed by atoms with Gasteiger partial charge in [-0.05, 0) is 29.7 Å². The standard InChI is InChI=1S/C20H25FN4O2/c1-14(2)18-13-24(20(27)17-8-10-23(3)22-17)11-9-19(26)25(18)12-15-4-6-16(21)7-5-15/h4-8,10,14,18H,9,11-13H2,1-3H3/t18-/m1/s1. The highest BCUT2D eigenvalue weighted by Gasteiger charge is 2.34. The first kappa shape index (κ1) is 19.1. The Bertz CT molecular complexity index is 816. The van der Waals surface area contributed by atoms with Crippen LogP contribution in [0.5, 0.6) is 0 Å². The maximum atomic E-state index is 13.2. The van der Waals surface area contributed by atoms with Crippen LogP contribution in [0.2, 0.25) is 0 Å². The Morgan fingerprint density at radius 1 is 1.26 bits per heavy atom. The van der Waals surface area contributed by atoms with Gasteiger partial charge in [0.15, 0.2) is 0 Å². The van der Waals surface area contributed by atoms with Crippen LogP contribution in [0.25, 0.3) is 0 Å². The van der Waals surface area contributed by atoms with Gasteiger partial charge in [0.25, 0.3) is 5.91 Å². The van der Waals surface area contributed by atoms with Crippen LogP contribution in [-0.2, 0) is 18.4 Å². The summed E-state index contributed by atoms with van der Waals surface area (Å²) in [5, 5.41) is 4.19. The van der Waals surface area contributed by atoms with Gasteiger partial charge in [0.05, 0.1) is 6.04 Å². The van der Waals surface area contributed by atoms with Gasteiger partial charge in [-0.3, -0.25) is 14.3 Å². The zero-order valence-electron chi connectivity index (χ0n) is 15.9. The summed E-state index contributed by atoms with van der Waals surface area (Å²) < 4.78 is 14.8. The molecule has 0 spiro atoms. The highest BCUT2D eigenvalue weighted by atomic mass is 19.1. The third-order valence-corrected chi connectivity index (χ3v) is 4.98. The summed E-state index contributed by atoms with van der Waals surface area (Å²) in [7, 11) is 1.77. The van der Waals surface area contributed by atoms with E-state index in [0.29, 0.717) is 25.3 Å². The minimum Gasteiger partial charge on any atom is -0.335 e. The van der Waals surface area contributed by atoms with E-state index in [-0.39, 0.29) is 36.0 Å². The van der Waals surface area contributed by atoms with Crippen LogP contribution in [-0.4, -0.2) is 50.5 Å². The third kappa shape index (κ3) is 4.35. The number of aromatic nitrogens is 2. The zero-order chi connectivity index (χ0) is 19.6. The van der Waals surface area contributed by atoms with Gasteiger partial charge >= 0.3 is 0 Å². The first-order valence-corrected chi connectivity index (χ1v) is 9.18. The number of carbonyl (C=O) groups excluding carboxylic acids is 2. The largest absolute Gasteiger partial charge is 0.335 e. The summed E-state index contributed by atoms with van der Waals surface area (Å²) in [5.41, 5.74) is 1.26. The van der Waals surface area contributed by atoms with E-state index >= 15 is 0 Å². The van der Waals surface area contributed by atoms with Crippen molar-refractivity contribution >= 4 is 11.8 Å². The number of hydrogen-bond donors (Lipinski definition) is 0. The molecule has 0 radical (unpaired) electrons. The monoisotopic (exact) mass is 372 g/mol. The van der Waals surface area contributed by atoms with Gasteiger partial charge in [0.2, 0.25) is 5.91 Å².